The molecule has 0 atom stereocenters. The molecule has 9 rings (SSSR count). The van der Waals surface area contributed by atoms with Gasteiger partial charge in [-0.1, -0.05) is 67.1 Å². The van der Waals surface area contributed by atoms with Gasteiger partial charge in [-0.05, 0) is 122 Å². The van der Waals surface area contributed by atoms with Crippen LogP contribution in [-0.4, -0.2) is 57.6 Å². The molecule has 7 aromatic rings. The number of aryl methyl sites for hydroxylation is 1. The predicted molar refractivity (Wildman–Crippen MR) is 241 cm³/mol. The Bertz CT molecular complexity index is 2750. The van der Waals surface area contributed by atoms with Crippen LogP contribution in [0.4, 0.5) is 37.8 Å². The van der Waals surface area contributed by atoms with E-state index >= 15 is 0 Å². The van der Waals surface area contributed by atoms with E-state index in [9.17, 15) is 31.1 Å². The van der Waals surface area contributed by atoms with Gasteiger partial charge >= 0.3 is 12.7 Å². The van der Waals surface area contributed by atoms with E-state index in [0.29, 0.717) is 48.2 Å². The molecule has 3 aromatic heterocycles. The molecule has 1 aliphatic heterocycles. The number of nitrogens with zero attached hydrogens (tertiary/aromatic N) is 5. The molecule has 0 spiro atoms. The Kier molecular flexibility index (Phi) is 13.9. The molecule has 10 nitrogen and oxygen atoms in total. The summed E-state index contributed by atoms with van der Waals surface area (Å²) < 4.78 is 83.4. The SMILES string of the molecule is CCc1nc2ccc(Cl)cn2c1C(=O)NCc1ccc(N2CCC(c3ccc(OC(F)(F)F)cc3)CC2)cc1.FC(F)(F)Oc1ccc(CCNc2nc(C3CC3)nc3ccccc23)cc1. The maximum Gasteiger partial charge on any atom is 0.573 e. The number of hydrogen-bond donors (Lipinski definition) is 2. The number of aromatic nitrogens is 4. The van der Waals surface area contributed by atoms with Crippen molar-refractivity contribution in [2.24, 2.45) is 0 Å². The fourth-order valence-corrected chi connectivity index (χ4v) is 8.15. The van der Waals surface area contributed by atoms with E-state index in [0.717, 1.165) is 89.4 Å². The molecular formula is C49H46ClF6N7O3. The normalized spacial score (nSPS) is 14.5. The molecule has 66 heavy (non-hydrogen) atoms. The molecule has 1 saturated carbocycles. The van der Waals surface area contributed by atoms with Crippen LogP contribution in [0.15, 0.2) is 115 Å². The zero-order valence-electron chi connectivity index (χ0n) is 35.8. The van der Waals surface area contributed by atoms with Gasteiger partial charge in [-0.15, -0.1) is 26.3 Å². The molecular weight excluding hydrogens is 884 g/mol. The van der Waals surface area contributed by atoms with Crippen LogP contribution in [0.25, 0.3) is 16.6 Å². The Hall–Kier alpha value is -6.55. The first-order chi connectivity index (χ1) is 31.7. The minimum absolute atomic E-state index is 0.200. The highest BCUT2D eigenvalue weighted by atomic mass is 35.5. The highest BCUT2D eigenvalue weighted by molar-refractivity contribution is 6.30. The second-order valence-corrected chi connectivity index (χ2v) is 16.6. The number of hydrogen-bond acceptors (Lipinski definition) is 8. The first-order valence-corrected chi connectivity index (χ1v) is 22.1. The van der Waals surface area contributed by atoms with Crippen molar-refractivity contribution >= 4 is 45.6 Å². The molecule has 4 heterocycles. The summed E-state index contributed by atoms with van der Waals surface area (Å²) in [4.78, 5) is 29.2. The molecule has 0 unspecified atom stereocenters. The number of amides is 1. The van der Waals surface area contributed by atoms with Crippen molar-refractivity contribution in [1.82, 2.24) is 24.7 Å². The van der Waals surface area contributed by atoms with Gasteiger partial charge in [0.1, 0.15) is 34.5 Å². The van der Waals surface area contributed by atoms with Crippen LogP contribution in [-0.2, 0) is 19.4 Å². The second-order valence-electron chi connectivity index (χ2n) is 16.2. The first kappa shape index (κ1) is 46.0. The third kappa shape index (κ3) is 12.0. The van der Waals surface area contributed by atoms with Gasteiger partial charge in [-0.3, -0.25) is 9.20 Å². The fraction of sp³-hybridized carbons (Fsp3) is 0.306. The summed E-state index contributed by atoms with van der Waals surface area (Å²) in [5, 5.41) is 7.85. The van der Waals surface area contributed by atoms with Crippen molar-refractivity contribution in [2.75, 3.05) is 29.9 Å². The predicted octanol–water partition coefficient (Wildman–Crippen LogP) is 11.8. The maximum atomic E-state index is 13.0. The van der Waals surface area contributed by atoms with E-state index in [1.54, 1.807) is 47.0 Å². The number of carbonyl (C=O) groups is 1. The van der Waals surface area contributed by atoms with Gasteiger partial charge < -0.3 is 25.0 Å². The highest BCUT2D eigenvalue weighted by Crippen LogP contribution is 2.39. The highest BCUT2D eigenvalue weighted by Gasteiger charge is 2.32. The van der Waals surface area contributed by atoms with Gasteiger partial charge in [0.25, 0.3) is 5.91 Å². The average molecular weight is 930 g/mol. The molecule has 0 radical (unpaired) electrons. The number of nitrogens with one attached hydrogen (secondary N) is 2. The monoisotopic (exact) mass is 929 g/mol. The lowest BCUT2D eigenvalue weighted by atomic mass is 9.89. The van der Waals surface area contributed by atoms with E-state index in [4.69, 9.17) is 11.6 Å². The molecule has 1 amide bonds. The topological polar surface area (TPSA) is 106 Å². The Morgan fingerprint density at radius 3 is 2.02 bits per heavy atom. The summed E-state index contributed by atoms with van der Waals surface area (Å²) in [7, 11) is 0. The van der Waals surface area contributed by atoms with Crippen LogP contribution in [0, 0.1) is 0 Å². The third-order valence-electron chi connectivity index (χ3n) is 11.5. The maximum absolute atomic E-state index is 13.0. The van der Waals surface area contributed by atoms with Crippen LogP contribution >= 0.6 is 11.6 Å². The van der Waals surface area contributed by atoms with Crippen LogP contribution in [0.2, 0.25) is 5.02 Å². The van der Waals surface area contributed by atoms with Crippen molar-refractivity contribution in [1.29, 1.82) is 0 Å². The number of ether oxygens (including phenoxy) is 2. The van der Waals surface area contributed by atoms with Crippen LogP contribution in [0.1, 0.15) is 83.1 Å². The lowest BCUT2D eigenvalue weighted by Crippen LogP contribution is -2.32. The van der Waals surface area contributed by atoms with Gasteiger partial charge in [0.15, 0.2) is 0 Å². The number of rotatable bonds is 13. The summed E-state index contributed by atoms with van der Waals surface area (Å²) in [6.07, 6.45) is -2.30. The fourth-order valence-electron chi connectivity index (χ4n) is 7.99. The van der Waals surface area contributed by atoms with Gasteiger partial charge in [-0.2, -0.15) is 0 Å². The summed E-state index contributed by atoms with van der Waals surface area (Å²) in [6.45, 7) is 4.65. The molecule has 1 saturated heterocycles. The zero-order chi connectivity index (χ0) is 46.4. The number of para-hydroxylation sites is 1. The van der Waals surface area contributed by atoms with Crippen LogP contribution in [0.5, 0.6) is 11.5 Å². The Morgan fingerprint density at radius 2 is 1.38 bits per heavy atom. The summed E-state index contributed by atoms with van der Waals surface area (Å²) in [6, 6.07) is 31.7. The van der Waals surface area contributed by atoms with Crippen molar-refractivity contribution in [3.05, 3.63) is 154 Å². The number of piperidine rings is 1. The quantitative estimate of drug-likeness (QED) is 0.110. The molecule has 4 aromatic carbocycles. The van der Waals surface area contributed by atoms with E-state index in [2.05, 4.69) is 52.1 Å². The lowest BCUT2D eigenvalue weighted by Gasteiger charge is -2.34. The number of benzene rings is 4. The Labute approximate surface area is 381 Å². The van der Waals surface area contributed by atoms with Crippen LogP contribution in [0.3, 0.4) is 0 Å². The standard InChI is InChI=1S/C29H28ClF3N4O2.C20H18F3N3O/c1-2-25-27(37-18-22(30)7-12-26(37)35-25)28(38)34-17-19-3-8-23(9-4-19)36-15-13-21(14-16-36)20-5-10-24(11-6-20)39-29(31,32)33;21-20(22,23)27-15-9-5-13(6-10-15)11-12-24-19-16-3-1-2-4-17(16)25-18(26-19)14-7-8-14/h3-12,18,21H,2,13-17H2,1H3,(H,34,38);1-6,9-10,14H,7-8,11-12H2,(H,24,25,26). The third-order valence-corrected chi connectivity index (χ3v) is 11.7. The van der Waals surface area contributed by atoms with Gasteiger partial charge in [0, 0.05) is 49.4 Å². The Balaban J connectivity index is 0.000000192. The molecule has 2 fully saturated rings. The minimum Gasteiger partial charge on any atom is -0.406 e. The van der Waals surface area contributed by atoms with Gasteiger partial charge in [-0.25, -0.2) is 15.0 Å². The van der Waals surface area contributed by atoms with E-state index < -0.39 is 12.7 Å². The average Bonchev–Trinajstić information content (AvgIpc) is 4.09. The van der Waals surface area contributed by atoms with Gasteiger partial charge in [0.2, 0.25) is 0 Å². The van der Waals surface area contributed by atoms with Crippen molar-refractivity contribution in [2.45, 2.75) is 76.6 Å². The van der Waals surface area contributed by atoms with Crippen molar-refractivity contribution < 1.29 is 40.6 Å². The number of imidazole rings is 1. The minimum atomic E-state index is -4.68. The Morgan fingerprint density at radius 1 is 0.742 bits per heavy atom. The second kappa shape index (κ2) is 19.9. The number of anilines is 2. The molecule has 2 aliphatic rings. The van der Waals surface area contributed by atoms with Crippen LogP contribution < -0.4 is 25.0 Å². The summed E-state index contributed by atoms with van der Waals surface area (Å²) >= 11 is 6.14. The van der Waals surface area contributed by atoms with E-state index in [-0.39, 0.29) is 23.3 Å². The number of pyridine rings is 1. The lowest BCUT2D eigenvalue weighted by molar-refractivity contribution is -0.275. The summed E-state index contributed by atoms with van der Waals surface area (Å²) in [5.74, 6) is 1.81. The molecule has 2 N–H and O–H groups in total. The number of fused-ring (bicyclic) bond motifs is 2. The molecule has 0 bridgehead atoms. The molecule has 344 valence electrons. The largest absolute Gasteiger partial charge is 0.573 e. The number of carbonyl (C=O) groups excluding carboxylic acids is 1. The smallest absolute Gasteiger partial charge is 0.406 e. The van der Waals surface area contributed by atoms with E-state index in [1.807, 2.05) is 43.3 Å². The first-order valence-electron chi connectivity index (χ1n) is 21.7. The summed E-state index contributed by atoms with van der Waals surface area (Å²) in [5.41, 5.74) is 6.84. The number of alkyl halides is 6. The van der Waals surface area contributed by atoms with Gasteiger partial charge in [0.05, 0.1) is 16.2 Å². The molecule has 17 heteroatoms. The molecule has 1 aliphatic carbocycles. The van der Waals surface area contributed by atoms with Crippen molar-refractivity contribution in [3.8, 4) is 11.5 Å². The number of halogens is 7. The zero-order valence-corrected chi connectivity index (χ0v) is 36.6. The van der Waals surface area contributed by atoms with E-state index in [1.165, 1.54) is 24.3 Å². The van der Waals surface area contributed by atoms with Crippen molar-refractivity contribution in [3.63, 3.8) is 0 Å².